The molecule has 0 unspecified atom stereocenters. The molecular weight excluding hydrogens is 348 g/mol. The van der Waals surface area contributed by atoms with Crippen molar-refractivity contribution >= 4 is 29.2 Å². The van der Waals surface area contributed by atoms with Crippen LogP contribution in [0.4, 0.5) is 16.2 Å². The standard InChI is InChI=1S/C19H18N4O4/c1-11(2)12-3-4-15(23-19(26)27)16(8-12)22-18(25)9-17(24)13-5-6-21-14(7-13)10-20/h3-8,11,23H,9H2,1-2H3,(H,22,25)(H,26,27). The zero-order valence-electron chi connectivity index (χ0n) is 14.8. The van der Waals surface area contributed by atoms with Gasteiger partial charge in [-0.05, 0) is 35.7 Å². The number of nitriles is 1. The van der Waals surface area contributed by atoms with E-state index in [-0.39, 0.29) is 28.6 Å². The van der Waals surface area contributed by atoms with Crippen molar-refractivity contribution in [1.29, 1.82) is 5.26 Å². The molecule has 1 aromatic heterocycles. The Bertz CT molecular complexity index is 932. The highest BCUT2D eigenvalue weighted by molar-refractivity contribution is 6.12. The van der Waals surface area contributed by atoms with Gasteiger partial charge in [0.15, 0.2) is 5.78 Å². The van der Waals surface area contributed by atoms with Gasteiger partial charge in [0.1, 0.15) is 11.8 Å². The summed E-state index contributed by atoms with van der Waals surface area (Å²) in [4.78, 5) is 39.2. The van der Waals surface area contributed by atoms with Crippen molar-refractivity contribution in [1.82, 2.24) is 4.98 Å². The van der Waals surface area contributed by atoms with Crippen LogP contribution < -0.4 is 10.6 Å². The average molecular weight is 366 g/mol. The van der Waals surface area contributed by atoms with Crippen LogP contribution in [-0.2, 0) is 4.79 Å². The van der Waals surface area contributed by atoms with Crippen molar-refractivity contribution in [3.05, 3.63) is 53.3 Å². The second-order valence-corrected chi connectivity index (χ2v) is 6.08. The van der Waals surface area contributed by atoms with Crippen molar-refractivity contribution in [2.24, 2.45) is 0 Å². The van der Waals surface area contributed by atoms with Gasteiger partial charge in [0.25, 0.3) is 0 Å². The van der Waals surface area contributed by atoms with Crippen LogP contribution in [0.5, 0.6) is 0 Å². The summed E-state index contributed by atoms with van der Waals surface area (Å²) in [6.07, 6.45) is -0.391. The lowest BCUT2D eigenvalue weighted by atomic mass is 10.0. The summed E-state index contributed by atoms with van der Waals surface area (Å²) >= 11 is 0. The number of ketones is 1. The first-order valence-electron chi connectivity index (χ1n) is 8.13. The van der Waals surface area contributed by atoms with Crippen LogP contribution in [0.25, 0.3) is 0 Å². The molecule has 0 saturated heterocycles. The minimum atomic E-state index is -1.26. The van der Waals surface area contributed by atoms with Crippen molar-refractivity contribution < 1.29 is 19.5 Å². The number of carbonyl (C=O) groups excluding carboxylic acids is 2. The number of hydrogen-bond acceptors (Lipinski definition) is 5. The van der Waals surface area contributed by atoms with Gasteiger partial charge in [-0.3, -0.25) is 14.9 Å². The van der Waals surface area contributed by atoms with Gasteiger partial charge < -0.3 is 10.4 Å². The predicted octanol–water partition coefficient (Wildman–Crippen LogP) is 3.38. The molecule has 1 heterocycles. The van der Waals surface area contributed by atoms with Crippen LogP contribution >= 0.6 is 0 Å². The summed E-state index contributed by atoms with van der Waals surface area (Å²) in [5.41, 5.74) is 1.67. The number of carboxylic acid groups (broad SMARTS) is 1. The molecular formula is C19H18N4O4. The van der Waals surface area contributed by atoms with E-state index in [9.17, 15) is 14.4 Å². The normalized spacial score (nSPS) is 10.1. The first-order valence-corrected chi connectivity index (χ1v) is 8.13. The maximum atomic E-state index is 12.3. The van der Waals surface area contributed by atoms with Crippen LogP contribution in [-0.4, -0.2) is 27.9 Å². The Kier molecular flexibility index (Phi) is 6.23. The molecule has 2 amide bonds. The zero-order valence-corrected chi connectivity index (χ0v) is 14.8. The first-order chi connectivity index (χ1) is 12.8. The minimum Gasteiger partial charge on any atom is -0.465 e. The second kappa shape index (κ2) is 8.58. The van der Waals surface area contributed by atoms with Crippen LogP contribution in [0.15, 0.2) is 36.5 Å². The predicted molar refractivity (Wildman–Crippen MR) is 98.7 cm³/mol. The average Bonchev–Trinajstić information content (AvgIpc) is 2.62. The SMILES string of the molecule is CC(C)c1ccc(NC(=O)O)c(NC(=O)CC(=O)c2ccnc(C#N)c2)c1. The highest BCUT2D eigenvalue weighted by atomic mass is 16.4. The largest absolute Gasteiger partial charge is 0.465 e. The summed E-state index contributed by atoms with van der Waals surface area (Å²) in [5.74, 6) is -0.897. The second-order valence-electron chi connectivity index (χ2n) is 6.08. The zero-order chi connectivity index (χ0) is 20.0. The Labute approximate surface area is 155 Å². The Morgan fingerprint density at radius 1 is 1.15 bits per heavy atom. The minimum absolute atomic E-state index is 0.0823. The van der Waals surface area contributed by atoms with Crippen LogP contribution in [0.1, 0.15) is 47.8 Å². The number of aromatic nitrogens is 1. The smallest absolute Gasteiger partial charge is 0.409 e. The number of pyridine rings is 1. The molecule has 0 radical (unpaired) electrons. The van der Waals surface area contributed by atoms with Crippen LogP contribution in [0.2, 0.25) is 0 Å². The number of anilines is 2. The van der Waals surface area contributed by atoms with Crippen LogP contribution in [0, 0.1) is 11.3 Å². The molecule has 8 heteroatoms. The van der Waals surface area contributed by atoms with Crippen molar-refractivity contribution in [2.45, 2.75) is 26.2 Å². The molecule has 0 aliphatic heterocycles. The highest BCUT2D eigenvalue weighted by Crippen LogP contribution is 2.27. The third kappa shape index (κ3) is 5.37. The van der Waals surface area contributed by atoms with E-state index in [1.165, 1.54) is 18.3 Å². The third-order valence-corrected chi connectivity index (χ3v) is 3.74. The van der Waals surface area contributed by atoms with Crippen LogP contribution in [0.3, 0.4) is 0 Å². The lowest BCUT2D eigenvalue weighted by Crippen LogP contribution is -2.19. The van der Waals surface area contributed by atoms with Gasteiger partial charge >= 0.3 is 6.09 Å². The molecule has 0 atom stereocenters. The Balaban J connectivity index is 2.18. The highest BCUT2D eigenvalue weighted by Gasteiger charge is 2.16. The van der Waals surface area contributed by atoms with Gasteiger partial charge in [0.05, 0.1) is 17.8 Å². The summed E-state index contributed by atoms with van der Waals surface area (Å²) in [7, 11) is 0. The molecule has 2 rings (SSSR count). The van der Waals surface area contributed by atoms with E-state index >= 15 is 0 Å². The summed E-state index contributed by atoms with van der Waals surface area (Å²) in [5, 5.41) is 22.6. The Morgan fingerprint density at radius 2 is 1.89 bits per heavy atom. The fraction of sp³-hybridized carbons (Fsp3) is 0.211. The Hall–Kier alpha value is -3.73. The van der Waals surface area contributed by atoms with E-state index in [2.05, 4.69) is 15.6 Å². The topological polar surface area (TPSA) is 132 Å². The quantitative estimate of drug-likeness (QED) is 0.530. The number of carbonyl (C=O) groups is 3. The lowest BCUT2D eigenvalue weighted by molar-refractivity contribution is -0.115. The molecule has 138 valence electrons. The number of benzene rings is 1. The summed E-state index contributed by atoms with van der Waals surface area (Å²) in [6.45, 7) is 3.93. The van der Waals surface area contributed by atoms with E-state index in [4.69, 9.17) is 10.4 Å². The number of Topliss-reactive ketones (excluding diaryl/α,β-unsaturated/α-hetero) is 1. The van der Waals surface area contributed by atoms with Crippen molar-refractivity contribution in [3.8, 4) is 6.07 Å². The molecule has 2 aromatic rings. The van der Waals surface area contributed by atoms with E-state index in [1.807, 2.05) is 19.9 Å². The number of nitrogens with one attached hydrogen (secondary N) is 2. The van der Waals surface area contributed by atoms with Gasteiger partial charge in [0.2, 0.25) is 5.91 Å². The monoisotopic (exact) mass is 366 g/mol. The maximum Gasteiger partial charge on any atom is 0.409 e. The molecule has 0 fully saturated rings. The number of hydrogen-bond donors (Lipinski definition) is 3. The number of nitrogens with zero attached hydrogens (tertiary/aromatic N) is 2. The van der Waals surface area contributed by atoms with Gasteiger partial charge in [-0.1, -0.05) is 19.9 Å². The van der Waals surface area contributed by atoms with E-state index < -0.39 is 24.2 Å². The summed E-state index contributed by atoms with van der Waals surface area (Å²) < 4.78 is 0. The molecule has 0 saturated carbocycles. The maximum absolute atomic E-state index is 12.3. The Morgan fingerprint density at radius 3 is 2.52 bits per heavy atom. The van der Waals surface area contributed by atoms with Gasteiger partial charge in [-0.25, -0.2) is 9.78 Å². The molecule has 0 spiro atoms. The van der Waals surface area contributed by atoms with Crippen molar-refractivity contribution in [2.75, 3.05) is 10.6 Å². The van der Waals surface area contributed by atoms with Gasteiger partial charge in [-0.2, -0.15) is 5.26 Å². The van der Waals surface area contributed by atoms with E-state index in [0.717, 1.165) is 5.56 Å². The lowest BCUT2D eigenvalue weighted by Gasteiger charge is -2.14. The van der Waals surface area contributed by atoms with E-state index in [1.54, 1.807) is 18.2 Å². The molecule has 1 aromatic carbocycles. The molecule has 8 nitrogen and oxygen atoms in total. The fourth-order valence-corrected chi connectivity index (χ4v) is 2.36. The first kappa shape index (κ1) is 19.6. The summed E-state index contributed by atoms with van der Waals surface area (Å²) in [6, 6.07) is 9.55. The third-order valence-electron chi connectivity index (χ3n) is 3.74. The molecule has 0 aliphatic carbocycles. The van der Waals surface area contributed by atoms with Crippen molar-refractivity contribution in [3.63, 3.8) is 0 Å². The fourth-order valence-electron chi connectivity index (χ4n) is 2.36. The number of amides is 2. The van der Waals surface area contributed by atoms with Gasteiger partial charge in [-0.15, -0.1) is 0 Å². The van der Waals surface area contributed by atoms with Gasteiger partial charge in [0, 0.05) is 11.8 Å². The number of rotatable bonds is 6. The molecule has 3 N–H and O–H groups in total. The molecule has 0 aliphatic rings. The van der Waals surface area contributed by atoms with E-state index in [0.29, 0.717) is 0 Å². The molecule has 27 heavy (non-hydrogen) atoms. The molecule has 0 bridgehead atoms.